The fourth-order valence-electron chi connectivity index (χ4n) is 4.51. The van der Waals surface area contributed by atoms with Crippen LogP contribution in [0.25, 0.3) is 0 Å². The maximum absolute atomic E-state index is 13.1. The first-order valence-electron chi connectivity index (χ1n) is 9.24. The van der Waals surface area contributed by atoms with E-state index in [0.29, 0.717) is 18.6 Å². The third-order valence-electron chi connectivity index (χ3n) is 5.73. The second-order valence-corrected chi connectivity index (χ2v) is 7.57. The monoisotopic (exact) mass is 394 g/mol. The molecule has 1 aromatic heterocycles. The van der Waals surface area contributed by atoms with Crippen molar-refractivity contribution in [1.29, 1.82) is 0 Å². The topological polar surface area (TPSA) is 65.7 Å². The van der Waals surface area contributed by atoms with Crippen molar-refractivity contribution in [3.8, 4) is 0 Å². The van der Waals surface area contributed by atoms with Crippen molar-refractivity contribution in [2.24, 2.45) is 0 Å². The zero-order valence-corrected chi connectivity index (χ0v) is 15.1. The zero-order valence-electron chi connectivity index (χ0n) is 15.1. The smallest absolute Gasteiger partial charge is 0.418 e. The van der Waals surface area contributed by atoms with E-state index >= 15 is 0 Å². The van der Waals surface area contributed by atoms with Crippen LogP contribution in [0.2, 0.25) is 0 Å². The van der Waals surface area contributed by atoms with Crippen LogP contribution >= 0.6 is 0 Å². The molecule has 150 valence electrons. The van der Waals surface area contributed by atoms with Crippen LogP contribution in [-0.2, 0) is 16.6 Å². The lowest BCUT2D eigenvalue weighted by Gasteiger charge is -2.42. The Morgan fingerprint density at radius 3 is 2.46 bits per heavy atom. The van der Waals surface area contributed by atoms with E-state index in [4.69, 9.17) is 4.42 Å². The summed E-state index contributed by atoms with van der Waals surface area (Å²) in [5.74, 6) is 0.0321. The van der Waals surface area contributed by atoms with Gasteiger partial charge >= 0.3 is 6.18 Å². The average Bonchev–Trinajstić information content (AvgIpc) is 3.24. The van der Waals surface area contributed by atoms with E-state index in [0.717, 1.165) is 18.9 Å². The molecule has 2 bridgehead atoms. The minimum absolute atomic E-state index is 0.00421. The molecule has 8 heteroatoms. The molecule has 5 nitrogen and oxygen atoms in total. The molecule has 2 fully saturated rings. The number of rotatable bonds is 4. The molecule has 2 saturated heterocycles. The second kappa shape index (κ2) is 6.93. The highest BCUT2D eigenvalue weighted by Crippen LogP contribution is 2.45. The fraction of sp³-hybridized carbons (Fsp3) is 0.450. The average molecular weight is 394 g/mol. The van der Waals surface area contributed by atoms with Gasteiger partial charge in [-0.2, -0.15) is 13.2 Å². The molecule has 2 atom stereocenters. The minimum Gasteiger partial charge on any atom is -0.466 e. The third kappa shape index (κ3) is 3.54. The lowest BCUT2D eigenvalue weighted by molar-refractivity contribution is -0.137. The molecule has 0 radical (unpaired) electrons. The number of anilines is 1. The second-order valence-electron chi connectivity index (χ2n) is 7.57. The number of carbonyl (C=O) groups excluding carboxylic acids is 1. The summed E-state index contributed by atoms with van der Waals surface area (Å²) >= 11 is 0. The number of nitrogens with one attached hydrogen (secondary N) is 1. The molecule has 28 heavy (non-hydrogen) atoms. The first-order valence-corrected chi connectivity index (χ1v) is 9.24. The van der Waals surface area contributed by atoms with Gasteiger partial charge in [0.05, 0.1) is 24.1 Å². The highest BCUT2D eigenvalue weighted by molar-refractivity contribution is 5.93. The Labute approximate surface area is 160 Å². The zero-order chi connectivity index (χ0) is 19.9. The number of halogens is 3. The first-order chi connectivity index (χ1) is 13.3. The number of aliphatic hydroxyl groups is 1. The van der Waals surface area contributed by atoms with Gasteiger partial charge in [0.2, 0.25) is 5.91 Å². The molecule has 2 N–H and O–H groups in total. The van der Waals surface area contributed by atoms with Crippen LogP contribution in [-0.4, -0.2) is 34.5 Å². The Balaban J connectivity index is 1.44. The Bertz CT molecular complexity index is 837. The Morgan fingerprint density at radius 1 is 1.18 bits per heavy atom. The summed E-state index contributed by atoms with van der Waals surface area (Å²) in [5, 5.41) is 13.4. The van der Waals surface area contributed by atoms with Gasteiger partial charge in [0.25, 0.3) is 0 Å². The lowest BCUT2D eigenvalue weighted by Crippen LogP contribution is -2.51. The standard InChI is InChI=1S/C20H21F3N2O3/c21-20(22,23)15-4-1-2-5-16(15)24-18(26)12-25-13-7-8-14(25)11-19(27,10-13)17-6-3-9-28-17/h1-6,9,13-14,27H,7-8,10-12H2,(H,24,26)/t13-,14-/m1/s1. The van der Waals surface area contributed by atoms with E-state index in [1.54, 1.807) is 12.1 Å². The van der Waals surface area contributed by atoms with Gasteiger partial charge < -0.3 is 14.8 Å². The fourth-order valence-corrected chi connectivity index (χ4v) is 4.51. The number of hydrogen-bond donors (Lipinski definition) is 2. The van der Waals surface area contributed by atoms with Gasteiger partial charge in [-0.25, -0.2) is 0 Å². The van der Waals surface area contributed by atoms with Crippen molar-refractivity contribution < 1.29 is 27.5 Å². The molecule has 1 aromatic carbocycles. The van der Waals surface area contributed by atoms with E-state index in [1.807, 2.05) is 4.90 Å². The van der Waals surface area contributed by atoms with Crippen molar-refractivity contribution >= 4 is 11.6 Å². The highest BCUT2D eigenvalue weighted by atomic mass is 19.4. The van der Waals surface area contributed by atoms with Crippen LogP contribution in [0.15, 0.2) is 47.1 Å². The van der Waals surface area contributed by atoms with Gasteiger partial charge in [-0.3, -0.25) is 9.69 Å². The Morgan fingerprint density at radius 2 is 1.86 bits per heavy atom. The predicted octanol–water partition coefficient (Wildman–Crippen LogP) is 3.75. The number of carbonyl (C=O) groups is 1. The molecule has 0 spiro atoms. The van der Waals surface area contributed by atoms with Crippen molar-refractivity contribution in [3.63, 3.8) is 0 Å². The summed E-state index contributed by atoms with van der Waals surface area (Å²) in [6.45, 7) is -0.00421. The van der Waals surface area contributed by atoms with Crippen molar-refractivity contribution in [3.05, 3.63) is 54.0 Å². The predicted molar refractivity (Wildman–Crippen MR) is 95.4 cm³/mol. The molecule has 4 rings (SSSR count). The van der Waals surface area contributed by atoms with Gasteiger partial charge in [0, 0.05) is 12.1 Å². The Hall–Kier alpha value is -2.32. The normalized spacial score (nSPS) is 27.7. The SMILES string of the molecule is O=C(CN1[C@@H]2CC[C@@H]1CC(O)(c1ccco1)C2)Nc1ccccc1C(F)(F)F. The van der Waals surface area contributed by atoms with Crippen LogP contribution in [0.4, 0.5) is 18.9 Å². The molecule has 2 aromatic rings. The minimum atomic E-state index is -4.53. The molecule has 0 saturated carbocycles. The van der Waals surface area contributed by atoms with Gasteiger partial charge in [0.1, 0.15) is 11.4 Å². The molecule has 0 unspecified atom stereocenters. The van der Waals surface area contributed by atoms with Crippen LogP contribution in [0.3, 0.4) is 0 Å². The van der Waals surface area contributed by atoms with Crippen LogP contribution < -0.4 is 5.32 Å². The van der Waals surface area contributed by atoms with Gasteiger partial charge in [0.15, 0.2) is 0 Å². The first kappa shape index (κ1) is 19.0. The van der Waals surface area contributed by atoms with E-state index in [2.05, 4.69) is 5.32 Å². The summed E-state index contributed by atoms with van der Waals surface area (Å²) in [6.07, 6.45) is -0.478. The number of amides is 1. The molecule has 0 aliphatic carbocycles. The van der Waals surface area contributed by atoms with Crippen LogP contribution in [0.1, 0.15) is 37.0 Å². The van der Waals surface area contributed by atoms with E-state index in [-0.39, 0.29) is 24.3 Å². The Kier molecular flexibility index (Phi) is 4.71. The lowest BCUT2D eigenvalue weighted by atomic mass is 9.84. The van der Waals surface area contributed by atoms with Gasteiger partial charge in [-0.15, -0.1) is 0 Å². The molecular weight excluding hydrogens is 373 g/mol. The largest absolute Gasteiger partial charge is 0.466 e. The summed E-state index contributed by atoms with van der Waals surface area (Å²) in [4.78, 5) is 14.5. The van der Waals surface area contributed by atoms with Gasteiger partial charge in [-0.05, 0) is 49.9 Å². The number of para-hydroxylation sites is 1. The summed E-state index contributed by atoms with van der Waals surface area (Å²) in [5.41, 5.74) is -2.17. The molecular formula is C20H21F3N2O3. The number of fused-ring (bicyclic) bond motifs is 2. The number of benzene rings is 1. The summed E-state index contributed by atoms with van der Waals surface area (Å²) in [7, 11) is 0. The number of piperidine rings is 1. The van der Waals surface area contributed by atoms with Crippen LogP contribution in [0, 0.1) is 0 Å². The van der Waals surface area contributed by atoms with Crippen LogP contribution in [0.5, 0.6) is 0 Å². The molecule has 1 amide bonds. The number of hydrogen-bond acceptors (Lipinski definition) is 4. The van der Waals surface area contributed by atoms with Crippen molar-refractivity contribution in [2.45, 2.75) is 49.5 Å². The third-order valence-corrected chi connectivity index (χ3v) is 5.73. The van der Waals surface area contributed by atoms with E-state index < -0.39 is 23.2 Å². The maximum Gasteiger partial charge on any atom is 0.418 e. The van der Waals surface area contributed by atoms with E-state index in [9.17, 15) is 23.1 Å². The van der Waals surface area contributed by atoms with Crippen molar-refractivity contribution in [2.75, 3.05) is 11.9 Å². The quantitative estimate of drug-likeness (QED) is 0.829. The van der Waals surface area contributed by atoms with E-state index in [1.165, 1.54) is 24.5 Å². The summed E-state index contributed by atoms with van der Waals surface area (Å²) in [6, 6.07) is 8.39. The highest BCUT2D eigenvalue weighted by Gasteiger charge is 2.50. The number of furan rings is 1. The molecule has 2 aliphatic heterocycles. The molecule has 2 aliphatic rings. The van der Waals surface area contributed by atoms with Gasteiger partial charge in [-0.1, -0.05) is 12.1 Å². The maximum atomic E-state index is 13.1. The van der Waals surface area contributed by atoms with Crippen molar-refractivity contribution in [1.82, 2.24) is 4.90 Å². The summed E-state index contributed by atoms with van der Waals surface area (Å²) < 4.78 is 44.7. The number of nitrogens with zero attached hydrogens (tertiary/aromatic N) is 1. The molecule has 3 heterocycles. The number of alkyl halides is 3.